The first-order chi connectivity index (χ1) is 17.7. The number of hydrogen-bond donors (Lipinski definition) is 1. The van der Waals surface area contributed by atoms with Crippen LogP contribution in [0.4, 0.5) is 0 Å². The van der Waals surface area contributed by atoms with Crippen LogP contribution >= 0.6 is 0 Å². The van der Waals surface area contributed by atoms with Crippen LogP contribution in [0.5, 0.6) is 11.5 Å². The Morgan fingerprint density at radius 1 is 1.22 bits per heavy atom. The third-order valence-corrected chi connectivity index (χ3v) is 6.51. The van der Waals surface area contributed by atoms with Crippen molar-refractivity contribution >= 4 is 16.9 Å². The summed E-state index contributed by atoms with van der Waals surface area (Å²) in [7, 11) is 1.66. The topological polar surface area (TPSA) is 74.6 Å². The molecule has 1 N–H and O–H groups in total. The van der Waals surface area contributed by atoms with Crippen LogP contribution in [0.15, 0.2) is 55.1 Å². The molecule has 1 atom stereocenters. The van der Waals surface area contributed by atoms with E-state index < -0.39 is 0 Å². The molecule has 2 aromatic carbocycles. The molecule has 7 nitrogen and oxygen atoms in total. The maximum Gasteiger partial charge on any atom is 0.249 e. The highest BCUT2D eigenvalue weighted by Crippen LogP contribution is 2.28. The van der Waals surface area contributed by atoms with Gasteiger partial charge in [-0.25, -0.2) is 4.98 Å². The van der Waals surface area contributed by atoms with E-state index >= 15 is 0 Å². The van der Waals surface area contributed by atoms with Gasteiger partial charge in [0.05, 0.1) is 24.7 Å². The van der Waals surface area contributed by atoms with Gasteiger partial charge in [-0.3, -0.25) is 4.79 Å². The number of unbranched alkanes of at least 4 members (excludes halogenated alkanes) is 2. The van der Waals surface area contributed by atoms with E-state index in [-0.39, 0.29) is 12.0 Å². The number of nitrogens with zero attached hydrogens (tertiary/aromatic N) is 2. The van der Waals surface area contributed by atoms with Gasteiger partial charge in [0.15, 0.2) is 11.5 Å². The number of methoxy groups -OCH3 is 1. The van der Waals surface area contributed by atoms with E-state index in [2.05, 4.69) is 28.6 Å². The zero-order chi connectivity index (χ0) is 25.2. The van der Waals surface area contributed by atoms with Crippen molar-refractivity contribution in [2.24, 2.45) is 0 Å². The first-order valence-corrected chi connectivity index (χ1v) is 12.9. The first-order valence-electron chi connectivity index (χ1n) is 12.9. The van der Waals surface area contributed by atoms with Gasteiger partial charge in [0.2, 0.25) is 5.91 Å². The summed E-state index contributed by atoms with van der Waals surface area (Å²) in [4.78, 5) is 16.9. The van der Waals surface area contributed by atoms with Crippen LogP contribution < -0.4 is 14.8 Å². The van der Waals surface area contributed by atoms with Crippen molar-refractivity contribution in [1.29, 1.82) is 0 Å². The van der Waals surface area contributed by atoms with E-state index in [1.807, 2.05) is 36.4 Å². The summed E-state index contributed by atoms with van der Waals surface area (Å²) in [5, 5.41) is 3.00. The number of ether oxygens (including phenoxy) is 3. The second kappa shape index (κ2) is 13.1. The van der Waals surface area contributed by atoms with Crippen LogP contribution in [0.3, 0.4) is 0 Å². The van der Waals surface area contributed by atoms with Crippen molar-refractivity contribution in [2.75, 3.05) is 26.9 Å². The van der Waals surface area contributed by atoms with Crippen molar-refractivity contribution in [1.82, 2.24) is 14.9 Å². The van der Waals surface area contributed by atoms with Crippen LogP contribution in [0.25, 0.3) is 11.0 Å². The Morgan fingerprint density at radius 3 is 2.92 bits per heavy atom. The minimum atomic E-state index is -0.253. The molecule has 0 saturated carbocycles. The minimum absolute atomic E-state index is 0.0290. The lowest BCUT2D eigenvalue weighted by atomic mass is 10.1. The predicted octanol–water partition coefficient (Wildman–Crippen LogP) is 4.86. The number of benzene rings is 2. The molecule has 0 spiro atoms. The van der Waals surface area contributed by atoms with Crippen LogP contribution in [-0.4, -0.2) is 48.4 Å². The molecule has 2 heterocycles. The molecule has 192 valence electrons. The fourth-order valence-electron chi connectivity index (χ4n) is 4.63. The minimum Gasteiger partial charge on any atom is -0.493 e. The van der Waals surface area contributed by atoms with Gasteiger partial charge < -0.3 is 24.1 Å². The molecule has 1 amide bonds. The Bertz CT molecular complexity index is 1150. The Labute approximate surface area is 213 Å². The zero-order valence-electron chi connectivity index (χ0n) is 21.2. The number of nitrogens with one attached hydrogen (secondary N) is 1. The Kier molecular flexibility index (Phi) is 9.39. The van der Waals surface area contributed by atoms with Crippen LogP contribution in [0.2, 0.25) is 0 Å². The molecule has 0 bridgehead atoms. The van der Waals surface area contributed by atoms with Gasteiger partial charge in [0.25, 0.3) is 0 Å². The molecular formula is C29H37N3O4. The number of aromatic nitrogens is 2. The standard InChI is InChI=1S/C29H37N3O4/c1-3-10-22-15-16-25(27(21-22)34-2)36-20-18-32-24-12-7-6-11-23(24)31-28(32)14-5-4-8-17-30-29(33)26-13-9-19-35-26/h3,6-7,11-12,15-16,21,26H,1,4-5,8-10,13-14,17-20H2,2H3,(H,30,33). The number of rotatable bonds is 14. The molecular weight excluding hydrogens is 454 g/mol. The van der Waals surface area contributed by atoms with Gasteiger partial charge in [-0.1, -0.05) is 30.7 Å². The summed E-state index contributed by atoms with van der Waals surface area (Å²) in [5.74, 6) is 2.57. The van der Waals surface area contributed by atoms with Gasteiger partial charge in [0, 0.05) is 19.6 Å². The van der Waals surface area contributed by atoms with Crippen molar-refractivity contribution in [2.45, 2.75) is 57.6 Å². The third kappa shape index (κ3) is 6.66. The molecule has 4 rings (SSSR count). The van der Waals surface area contributed by atoms with Gasteiger partial charge in [-0.15, -0.1) is 6.58 Å². The third-order valence-electron chi connectivity index (χ3n) is 6.51. The SMILES string of the molecule is C=CCc1ccc(OCCn2c(CCCCCNC(=O)C3CCCO3)nc3ccccc32)c(OC)c1. The molecule has 1 aliphatic heterocycles. The number of carbonyl (C=O) groups is 1. The van der Waals surface area contributed by atoms with Crippen LogP contribution in [0, 0.1) is 0 Å². The van der Waals surface area contributed by atoms with Crippen LogP contribution in [0.1, 0.15) is 43.5 Å². The Morgan fingerprint density at radius 2 is 2.11 bits per heavy atom. The van der Waals surface area contributed by atoms with E-state index in [1.54, 1.807) is 7.11 Å². The Balaban J connectivity index is 1.30. The van der Waals surface area contributed by atoms with Gasteiger partial charge in [-0.2, -0.15) is 0 Å². The summed E-state index contributed by atoms with van der Waals surface area (Å²) in [6, 6.07) is 14.2. The molecule has 3 aromatic rings. The van der Waals surface area contributed by atoms with Crippen LogP contribution in [-0.2, 0) is 28.9 Å². The Hall–Kier alpha value is -3.32. The number of carbonyl (C=O) groups excluding carboxylic acids is 1. The monoisotopic (exact) mass is 491 g/mol. The van der Waals surface area contributed by atoms with E-state index in [9.17, 15) is 4.79 Å². The molecule has 1 unspecified atom stereocenters. The highest BCUT2D eigenvalue weighted by Gasteiger charge is 2.22. The molecule has 0 radical (unpaired) electrons. The lowest BCUT2D eigenvalue weighted by Gasteiger charge is -2.14. The van der Waals surface area contributed by atoms with Gasteiger partial charge in [0.1, 0.15) is 18.5 Å². The summed E-state index contributed by atoms with van der Waals surface area (Å²) in [5.41, 5.74) is 3.26. The fourth-order valence-corrected chi connectivity index (χ4v) is 4.63. The summed E-state index contributed by atoms with van der Waals surface area (Å²) in [6.45, 7) is 6.40. The highest BCUT2D eigenvalue weighted by molar-refractivity contribution is 5.80. The predicted molar refractivity (Wildman–Crippen MR) is 142 cm³/mol. The van der Waals surface area contributed by atoms with E-state index in [0.29, 0.717) is 26.3 Å². The summed E-state index contributed by atoms with van der Waals surface area (Å²) < 4.78 is 19.3. The van der Waals surface area contributed by atoms with E-state index in [1.165, 1.54) is 0 Å². The maximum absolute atomic E-state index is 12.1. The van der Waals surface area contributed by atoms with Crippen molar-refractivity contribution in [3.63, 3.8) is 0 Å². The van der Waals surface area contributed by atoms with Gasteiger partial charge in [-0.05, 0) is 61.9 Å². The first kappa shape index (κ1) is 25.8. The number of para-hydroxylation sites is 2. The second-order valence-corrected chi connectivity index (χ2v) is 9.10. The molecule has 7 heteroatoms. The fraction of sp³-hybridized carbons (Fsp3) is 0.448. The molecule has 1 saturated heterocycles. The lowest BCUT2D eigenvalue weighted by molar-refractivity contribution is -0.130. The quantitative estimate of drug-likeness (QED) is 0.258. The van der Waals surface area contributed by atoms with Crippen molar-refractivity contribution in [3.8, 4) is 11.5 Å². The zero-order valence-corrected chi connectivity index (χ0v) is 21.2. The number of hydrogen-bond acceptors (Lipinski definition) is 5. The largest absolute Gasteiger partial charge is 0.493 e. The lowest BCUT2D eigenvalue weighted by Crippen LogP contribution is -2.34. The normalized spacial score (nSPS) is 15.2. The molecule has 1 fully saturated rings. The molecule has 1 aliphatic rings. The summed E-state index contributed by atoms with van der Waals surface area (Å²) in [6.07, 6.45) is 8.09. The van der Waals surface area contributed by atoms with Gasteiger partial charge >= 0.3 is 0 Å². The van der Waals surface area contributed by atoms with Crippen molar-refractivity contribution < 1.29 is 19.0 Å². The molecule has 0 aliphatic carbocycles. The number of amides is 1. The molecule has 1 aromatic heterocycles. The second-order valence-electron chi connectivity index (χ2n) is 9.10. The number of allylic oxidation sites excluding steroid dienone is 1. The average Bonchev–Trinajstić information content (AvgIpc) is 3.55. The van der Waals surface area contributed by atoms with E-state index in [4.69, 9.17) is 19.2 Å². The van der Waals surface area contributed by atoms with Crippen molar-refractivity contribution in [3.05, 3.63) is 66.5 Å². The maximum atomic E-state index is 12.1. The summed E-state index contributed by atoms with van der Waals surface area (Å²) >= 11 is 0. The highest BCUT2D eigenvalue weighted by atomic mass is 16.5. The number of fused-ring (bicyclic) bond motifs is 1. The average molecular weight is 492 g/mol. The smallest absolute Gasteiger partial charge is 0.249 e. The number of imidazole rings is 1. The number of aryl methyl sites for hydroxylation is 1. The molecule has 36 heavy (non-hydrogen) atoms. The van der Waals surface area contributed by atoms with E-state index in [0.717, 1.165) is 78.9 Å².